The maximum Gasteiger partial charge on any atom is 0.343 e. The number of halogens is 1. The van der Waals surface area contributed by atoms with E-state index in [0.717, 1.165) is 11.8 Å². The number of ether oxygens (including phenoxy) is 2. The van der Waals surface area contributed by atoms with E-state index in [-0.39, 0.29) is 21.3 Å². The third-order valence-corrected chi connectivity index (χ3v) is 7.86. The molecular formula is C29H22ClN3O5S2. The molecule has 0 atom stereocenters. The minimum absolute atomic E-state index is 0.208. The number of rotatable bonds is 6. The number of thiocarbonyl (C=S) groups is 1. The predicted octanol–water partition coefficient (Wildman–Crippen LogP) is 5.77. The first kappa shape index (κ1) is 27.4. The van der Waals surface area contributed by atoms with E-state index in [2.05, 4.69) is 0 Å². The minimum atomic E-state index is -0.567. The standard InChI is InChI=1S/C29H22ClN3O5S2/c1-17-25(27(35)33(31(17)2)21-7-5-4-6-8-21)32-26(34)24(40-29(32)39)16-18-9-14-22(23(15-18)37-3)38-28(36)19-10-12-20(30)13-11-19/h4-16H,1-3H3/b24-16+. The molecule has 1 saturated heterocycles. The molecule has 0 radical (unpaired) electrons. The van der Waals surface area contributed by atoms with Gasteiger partial charge in [0.15, 0.2) is 15.8 Å². The second-order valence-corrected chi connectivity index (χ2v) is 10.8. The van der Waals surface area contributed by atoms with Crippen molar-refractivity contribution in [3.63, 3.8) is 0 Å². The highest BCUT2D eigenvalue weighted by Crippen LogP contribution is 2.37. The van der Waals surface area contributed by atoms with Crippen molar-refractivity contribution in [3.8, 4) is 17.2 Å². The van der Waals surface area contributed by atoms with Crippen molar-refractivity contribution in [1.29, 1.82) is 0 Å². The van der Waals surface area contributed by atoms with Crippen LogP contribution in [0.25, 0.3) is 11.8 Å². The molecule has 0 aliphatic carbocycles. The van der Waals surface area contributed by atoms with E-state index in [1.165, 1.54) is 16.7 Å². The summed E-state index contributed by atoms with van der Waals surface area (Å²) in [7, 11) is 3.21. The number of anilines is 1. The van der Waals surface area contributed by atoms with Gasteiger partial charge in [0.2, 0.25) is 0 Å². The molecule has 8 nitrogen and oxygen atoms in total. The lowest BCUT2D eigenvalue weighted by Crippen LogP contribution is -2.33. The zero-order chi connectivity index (χ0) is 28.6. The summed E-state index contributed by atoms with van der Waals surface area (Å²) in [6.45, 7) is 1.77. The van der Waals surface area contributed by atoms with Crippen molar-refractivity contribution < 1.29 is 19.1 Å². The van der Waals surface area contributed by atoms with Gasteiger partial charge in [-0.3, -0.25) is 19.2 Å². The average molecular weight is 592 g/mol. The Hall–Kier alpha value is -4.12. The maximum atomic E-state index is 13.5. The monoisotopic (exact) mass is 591 g/mol. The van der Waals surface area contributed by atoms with Gasteiger partial charge < -0.3 is 9.47 Å². The second-order valence-electron chi connectivity index (χ2n) is 8.73. The zero-order valence-electron chi connectivity index (χ0n) is 21.6. The van der Waals surface area contributed by atoms with Crippen LogP contribution in [0, 0.1) is 6.92 Å². The number of nitrogens with zero attached hydrogens (tertiary/aromatic N) is 3. The molecule has 1 aromatic heterocycles. The zero-order valence-corrected chi connectivity index (χ0v) is 24.0. The highest BCUT2D eigenvalue weighted by atomic mass is 35.5. The first-order chi connectivity index (χ1) is 19.2. The summed E-state index contributed by atoms with van der Waals surface area (Å²) in [4.78, 5) is 41.2. The van der Waals surface area contributed by atoms with E-state index in [1.807, 2.05) is 30.3 Å². The Labute approximate surface area is 244 Å². The van der Waals surface area contributed by atoms with Crippen molar-refractivity contribution in [3.05, 3.63) is 110 Å². The van der Waals surface area contributed by atoms with Crippen molar-refractivity contribution in [2.45, 2.75) is 6.92 Å². The number of amides is 1. The van der Waals surface area contributed by atoms with Gasteiger partial charge in [0.25, 0.3) is 11.5 Å². The molecule has 1 amide bonds. The molecule has 0 unspecified atom stereocenters. The summed E-state index contributed by atoms with van der Waals surface area (Å²) in [5.41, 5.74) is 2.09. The molecule has 11 heteroatoms. The second kappa shape index (κ2) is 11.2. The lowest BCUT2D eigenvalue weighted by atomic mass is 10.1. The number of thioether (sulfide) groups is 1. The predicted molar refractivity (Wildman–Crippen MR) is 161 cm³/mol. The molecular weight excluding hydrogens is 570 g/mol. The Bertz CT molecular complexity index is 1740. The van der Waals surface area contributed by atoms with Crippen LogP contribution in [0.2, 0.25) is 5.02 Å². The van der Waals surface area contributed by atoms with Crippen molar-refractivity contribution >= 4 is 63.5 Å². The van der Waals surface area contributed by atoms with Crippen LogP contribution in [0.3, 0.4) is 0 Å². The van der Waals surface area contributed by atoms with Crippen molar-refractivity contribution in [2.75, 3.05) is 12.0 Å². The van der Waals surface area contributed by atoms with Gasteiger partial charge in [0, 0.05) is 12.1 Å². The first-order valence-electron chi connectivity index (χ1n) is 12.0. The van der Waals surface area contributed by atoms with E-state index in [1.54, 1.807) is 67.2 Å². The fraction of sp³-hybridized carbons (Fsp3) is 0.103. The third kappa shape index (κ3) is 5.08. The summed E-state index contributed by atoms with van der Waals surface area (Å²) in [6.07, 6.45) is 1.65. The van der Waals surface area contributed by atoms with Gasteiger partial charge in [-0.25, -0.2) is 9.48 Å². The molecule has 0 saturated carbocycles. The maximum absolute atomic E-state index is 13.5. The summed E-state index contributed by atoms with van der Waals surface area (Å²) >= 11 is 12.5. The van der Waals surface area contributed by atoms with Gasteiger partial charge in [-0.1, -0.05) is 59.8 Å². The highest BCUT2D eigenvalue weighted by Gasteiger charge is 2.37. The summed E-state index contributed by atoms with van der Waals surface area (Å²) < 4.78 is 14.4. The molecule has 1 aliphatic heterocycles. The Morgan fingerprint density at radius 3 is 2.38 bits per heavy atom. The van der Waals surface area contributed by atoms with Gasteiger partial charge in [-0.15, -0.1) is 0 Å². The molecule has 5 rings (SSSR count). The fourth-order valence-corrected chi connectivity index (χ4v) is 5.62. The number of carbonyl (C=O) groups excluding carboxylic acids is 2. The number of methoxy groups -OCH3 is 1. The molecule has 1 fully saturated rings. The molecule has 4 aromatic rings. The van der Waals surface area contributed by atoms with Crippen LogP contribution >= 0.6 is 35.6 Å². The first-order valence-corrected chi connectivity index (χ1v) is 13.6. The third-order valence-electron chi connectivity index (χ3n) is 6.31. The quantitative estimate of drug-likeness (QED) is 0.122. The Morgan fingerprint density at radius 2 is 1.70 bits per heavy atom. The summed E-state index contributed by atoms with van der Waals surface area (Å²) in [5.74, 6) is -0.453. The number of hydrogen-bond donors (Lipinski definition) is 0. The number of para-hydroxylation sites is 1. The van der Waals surface area contributed by atoms with Crippen LogP contribution in [0.4, 0.5) is 5.69 Å². The van der Waals surface area contributed by atoms with E-state index in [9.17, 15) is 14.4 Å². The van der Waals surface area contributed by atoms with Crippen LogP contribution in [0.5, 0.6) is 11.5 Å². The highest BCUT2D eigenvalue weighted by molar-refractivity contribution is 8.27. The Balaban J connectivity index is 1.43. The molecule has 3 aromatic carbocycles. The molecule has 0 spiro atoms. The van der Waals surface area contributed by atoms with Gasteiger partial charge in [0.1, 0.15) is 5.69 Å². The number of aromatic nitrogens is 2. The summed E-state index contributed by atoms with van der Waals surface area (Å²) in [6, 6.07) is 20.4. The van der Waals surface area contributed by atoms with E-state index in [0.29, 0.717) is 38.2 Å². The van der Waals surface area contributed by atoms with Crippen molar-refractivity contribution in [2.24, 2.45) is 7.05 Å². The number of esters is 1. The SMILES string of the molecule is COc1cc(/C=C2/SC(=S)N(c3c(C)n(C)n(-c4ccccc4)c3=O)C2=O)ccc1OC(=O)c1ccc(Cl)cc1. The fourth-order valence-electron chi connectivity index (χ4n) is 4.23. The van der Waals surface area contributed by atoms with E-state index < -0.39 is 11.9 Å². The van der Waals surface area contributed by atoms with E-state index >= 15 is 0 Å². The average Bonchev–Trinajstić information content (AvgIpc) is 3.34. The topological polar surface area (TPSA) is 82.8 Å². The molecule has 0 bridgehead atoms. The van der Waals surface area contributed by atoms with Crippen molar-refractivity contribution in [1.82, 2.24) is 9.36 Å². The Kier molecular flexibility index (Phi) is 7.66. The van der Waals surface area contributed by atoms with Crippen LogP contribution in [-0.2, 0) is 11.8 Å². The summed E-state index contributed by atoms with van der Waals surface area (Å²) in [5, 5.41) is 0.508. The molecule has 40 heavy (non-hydrogen) atoms. The van der Waals surface area contributed by atoms with E-state index in [4.69, 9.17) is 33.3 Å². The number of carbonyl (C=O) groups is 2. The normalized spacial score (nSPS) is 14.2. The molecule has 2 heterocycles. The molecule has 202 valence electrons. The largest absolute Gasteiger partial charge is 0.493 e. The van der Waals surface area contributed by atoms with Crippen LogP contribution in [0.1, 0.15) is 21.6 Å². The smallest absolute Gasteiger partial charge is 0.343 e. The van der Waals surface area contributed by atoms with Gasteiger partial charge >= 0.3 is 5.97 Å². The Morgan fingerprint density at radius 1 is 1.00 bits per heavy atom. The van der Waals surface area contributed by atoms with Gasteiger partial charge in [0.05, 0.1) is 29.0 Å². The van der Waals surface area contributed by atoms with Crippen LogP contribution in [0.15, 0.2) is 82.5 Å². The lowest BCUT2D eigenvalue weighted by Gasteiger charge is -2.12. The van der Waals surface area contributed by atoms with Crippen LogP contribution < -0.4 is 19.9 Å². The molecule has 1 aliphatic rings. The lowest BCUT2D eigenvalue weighted by molar-refractivity contribution is -0.113. The number of benzene rings is 3. The molecule has 0 N–H and O–H groups in total. The minimum Gasteiger partial charge on any atom is -0.493 e. The van der Waals surface area contributed by atoms with Gasteiger partial charge in [-0.05, 0) is 67.1 Å². The number of hydrogen-bond acceptors (Lipinski definition) is 7. The van der Waals surface area contributed by atoms with Crippen LogP contribution in [-0.4, -0.2) is 32.7 Å². The van der Waals surface area contributed by atoms with Gasteiger partial charge in [-0.2, -0.15) is 0 Å².